The van der Waals surface area contributed by atoms with E-state index >= 15 is 0 Å². The Morgan fingerprint density at radius 1 is 1.11 bits per heavy atom. The summed E-state index contributed by atoms with van der Waals surface area (Å²) in [5.74, 6) is 0.199. The number of hydrogen-bond donors (Lipinski definition) is 2. The molecule has 0 spiro atoms. The average Bonchev–Trinajstić information content (AvgIpc) is 2.24. The van der Waals surface area contributed by atoms with E-state index in [0.29, 0.717) is 13.2 Å². The van der Waals surface area contributed by atoms with Crippen LogP contribution < -0.4 is 10.0 Å². The molecule has 0 radical (unpaired) electrons. The van der Waals surface area contributed by atoms with Crippen LogP contribution in [-0.2, 0) is 14.8 Å². The summed E-state index contributed by atoms with van der Waals surface area (Å²) in [6.45, 7) is 10.5. The van der Waals surface area contributed by atoms with Crippen molar-refractivity contribution in [2.45, 2.75) is 52.0 Å². The van der Waals surface area contributed by atoms with Crippen LogP contribution in [0.25, 0.3) is 0 Å². The Balaban J connectivity index is 4.51. The molecule has 18 heavy (non-hydrogen) atoms. The topological polar surface area (TPSA) is 67.4 Å². The Labute approximate surface area is 112 Å². The number of sulfonamides is 1. The van der Waals surface area contributed by atoms with Gasteiger partial charge < -0.3 is 10.1 Å². The highest BCUT2D eigenvalue weighted by Crippen LogP contribution is 2.07. The molecular formula is C12H28N2O3S. The molecule has 0 saturated carbocycles. The van der Waals surface area contributed by atoms with Gasteiger partial charge in [0, 0.05) is 25.7 Å². The molecule has 0 heterocycles. The quantitative estimate of drug-likeness (QED) is 0.660. The molecule has 110 valence electrons. The van der Waals surface area contributed by atoms with Gasteiger partial charge in [-0.1, -0.05) is 27.7 Å². The van der Waals surface area contributed by atoms with Crippen LogP contribution in [0.3, 0.4) is 0 Å². The lowest BCUT2D eigenvalue weighted by Crippen LogP contribution is -2.47. The fraction of sp³-hybridized carbons (Fsp3) is 1.00. The molecular weight excluding hydrogens is 252 g/mol. The number of rotatable bonds is 9. The monoisotopic (exact) mass is 280 g/mol. The molecule has 0 aliphatic rings. The molecule has 0 amide bonds. The minimum Gasteiger partial charge on any atom is -0.383 e. The number of ether oxygens (including phenoxy) is 1. The van der Waals surface area contributed by atoms with E-state index in [1.165, 1.54) is 0 Å². The molecule has 0 saturated heterocycles. The van der Waals surface area contributed by atoms with Gasteiger partial charge in [0.1, 0.15) is 0 Å². The summed E-state index contributed by atoms with van der Waals surface area (Å²) in [5, 5.41) is 2.68. The van der Waals surface area contributed by atoms with Gasteiger partial charge in [0.05, 0.1) is 11.9 Å². The Bertz CT molecular complexity index is 315. The first-order valence-electron chi connectivity index (χ1n) is 6.44. The zero-order chi connectivity index (χ0) is 14.3. The summed E-state index contributed by atoms with van der Waals surface area (Å²) in [6, 6.07) is 0.101. The molecule has 0 rings (SSSR count). The van der Waals surface area contributed by atoms with Crippen LogP contribution >= 0.6 is 0 Å². The fourth-order valence-electron chi connectivity index (χ4n) is 1.38. The molecule has 0 aromatic heterocycles. The summed E-state index contributed by atoms with van der Waals surface area (Å²) in [4.78, 5) is 0. The molecule has 0 bridgehead atoms. The van der Waals surface area contributed by atoms with E-state index in [0.717, 1.165) is 0 Å². The maximum absolute atomic E-state index is 12.1. The molecule has 0 fully saturated rings. The standard InChI is InChI=1S/C12H28N2O3S/c1-9(2)12(8-17-6)14-18(15,16)11(5)7-13-10(3)4/h9-14H,7-8H2,1-6H3. The molecule has 2 unspecified atom stereocenters. The Kier molecular flexibility index (Phi) is 8.02. The highest BCUT2D eigenvalue weighted by atomic mass is 32.2. The van der Waals surface area contributed by atoms with E-state index in [1.54, 1.807) is 14.0 Å². The second kappa shape index (κ2) is 8.09. The van der Waals surface area contributed by atoms with Crippen molar-refractivity contribution in [2.75, 3.05) is 20.3 Å². The van der Waals surface area contributed by atoms with Crippen molar-refractivity contribution in [3.63, 3.8) is 0 Å². The molecule has 2 N–H and O–H groups in total. The zero-order valence-corrected chi connectivity index (χ0v) is 13.2. The van der Waals surface area contributed by atoms with E-state index in [4.69, 9.17) is 4.74 Å². The predicted octanol–water partition coefficient (Wildman–Crippen LogP) is 0.963. The lowest BCUT2D eigenvalue weighted by molar-refractivity contribution is 0.157. The minimum absolute atomic E-state index is 0.179. The van der Waals surface area contributed by atoms with Crippen LogP contribution in [0.1, 0.15) is 34.6 Å². The first-order chi connectivity index (χ1) is 8.20. The average molecular weight is 280 g/mol. The molecule has 2 atom stereocenters. The van der Waals surface area contributed by atoms with Crippen molar-refractivity contribution in [3.05, 3.63) is 0 Å². The number of nitrogens with one attached hydrogen (secondary N) is 2. The van der Waals surface area contributed by atoms with Crippen LogP contribution in [0.4, 0.5) is 0 Å². The van der Waals surface area contributed by atoms with Gasteiger partial charge in [0.15, 0.2) is 0 Å². The number of methoxy groups -OCH3 is 1. The third-order valence-corrected chi connectivity index (χ3v) is 4.67. The third-order valence-electron chi connectivity index (χ3n) is 2.81. The van der Waals surface area contributed by atoms with Gasteiger partial charge in [-0.05, 0) is 12.8 Å². The van der Waals surface area contributed by atoms with Gasteiger partial charge in [-0.15, -0.1) is 0 Å². The van der Waals surface area contributed by atoms with E-state index in [-0.39, 0.29) is 18.0 Å². The Hall–Kier alpha value is -0.170. The van der Waals surface area contributed by atoms with Gasteiger partial charge >= 0.3 is 0 Å². The largest absolute Gasteiger partial charge is 0.383 e. The summed E-state index contributed by atoms with van der Waals surface area (Å²) in [7, 11) is -1.74. The maximum atomic E-state index is 12.1. The third kappa shape index (κ3) is 6.68. The van der Waals surface area contributed by atoms with Crippen LogP contribution in [0.5, 0.6) is 0 Å². The van der Waals surface area contributed by atoms with Crippen LogP contribution in [0.2, 0.25) is 0 Å². The van der Waals surface area contributed by atoms with Crippen molar-refractivity contribution in [1.82, 2.24) is 10.0 Å². The van der Waals surface area contributed by atoms with Crippen molar-refractivity contribution in [1.29, 1.82) is 0 Å². The highest BCUT2D eigenvalue weighted by Gasteiger charge is 2.25. The summed E-state index contributed by atoms with van der Waals surface area (Å²) >= 11 is 0. The maximum Gasteiger partial charge on any atom is 0.215 e. The normalized spacial score (nSPS) is 16.2. The van der Waals surface area contributed by atoms with E-state index < -0.39 is 15.3 Å². The van der Waals surface area contributed by atoms with Crippen molar-refractivity contribution < 1.29 is 13.2 Å². The Morgan fingerprint density at radius 2 is 1.67 bits per heavy atom. The molecule has 0 aliphatic heterocycles. The van der Waals surface area contributed by atoms with Gasteiger partial charge in [-0.2, -0.15) is 0 Å². The van der Waals surface area contributed by atoms with Gasteiger partial charge in [-0.3, -0.25) is 0 Å². The van der Waals surface area contributed by atoms with Crippen molar-refractivity contribution in [2.24, 2.45) is 5.92 Å². The highest BCUT2D eigenvalue weighted by molar-refractivity contribution is 7.90. The van der Waals surface area contributed by atoms with Gasteiger partial charge in [0.25, 0.3) is 0 Å². The van der Waals surface area contributed by atoms with E-state index in [9.17, 15) is 8.42 Å². The van der Waals surface area contributed by atoms with E-state index in [2.05, 4.69) is 10.0 Å². The first-order valence-corrected chi connectivity index (χ1v) is 7.98. The zero-order valence-electron chi connectivity index (χ0n) is 12.4. The second-order valence-electron chi connectivity index (χ2n) is 5.34. The fourth-order valence-corrected chi connectivity index (χ4v) is 2.69. The summed E-state index contributed by atoms with van der Waals surface area (Å²) in [5.41, 5.74) is 0. The van der Waals surface area contributed by atoms with Crippen molar-refractivity contribution in [3.8, 4) is 0 Å². The lowest BCUT2D eigenvalue weighted by atomic mass is 10.1. The molecule has 0 aromatic carbocycles. The second-order valence-corrected chi connectivity index (χ2v) is 7.47. The minimum atomic E-state index is -3.31. The van der Waals surface area contributed by atoms with E-state index in [1.807, 2.05) is 27.7 Å². The smallest absolute Gasteiger partial charge is 0.215 e. The lowest BCUT2D eigenvalue weighted by Gasteiger charge is -2.24. The molecule has 0 aliphatic carbocycles. The van der Waals surface area contributed by atoms with Crippen LogP contribution in [-0.4, -0.2) is 46.0 Å². The van der Waals surface area contributed by atoms with Gasteiger partial charge in [-0.25, -0.2) is 13.1 Å². The van der Waals surface area contributed by atoms with Crippen LogP contribution in [0.15, 0.2) is 0 Å². The Morgan fingerprint density at radius 3 is 2.06 bits per heavy atom. The van der Waals surface area contributed by atoms with Crippen LogP contribution in [0, 0.1) is 5.92 Å². The number of hydrogen-bond acceptors (Lipinski definition) is 4. The SMILES string of the molecule is COCC(NS(=O)(=O)C(C)CNC(C)C)C(C)C. The summed E-state index contributed by atoms with van der Waals surface area (Å²) in [6.07, 6.45) is 0. The molecule has 6 heteroatoms. The first kappa shape index (κ1) is 17.8. The predicted molar refractivity (Wildman–Crippen MR) is 75.2 cm³/mol. The van der Waals surface area contributed by atoms with Crippen molar-refractivity contribution >= 4 is 10.0 Å². The summed E-state index contributed by atoms with van der Waals surface area (Å²) < 4.78 is 32.0. The molecule has 5 nitrogen and oxygen atoms in total. The van der Waals surface area contributed by atoms with Gasteiger partial charge in [0.2, 0.25) is 10.0 Å². The molecule has 0 aromatic rings.